The molecule has 0 aromatic heterocycles. The second kappa shape index (κ2) is 23.5. The summed E-state index contributed by atoms with van der Waals surface area (Å²) in [5.74, 6) is 0. The van der Waals surface area contributed by atoms with Gasteiger partial charge in [0.1, 0.15) is 14.0 Å². The second-order valence-electron chi connectivity index (χ2n) is 14.5. The Balaban J connectivity index is 0.000000214. The van der Waals surface area contributed by atoms with Crippen molar-refractivity contribution in [1.82, 2.24) is 0 Å². The van der Waals surface area contributed by atoms with E-state index in [-0.39, 0.29) is 12.4 Å². The predicted octanol–water partition coefficient (Wildman–Crippen LogP) is 16.2. The number of rotatable bonds is 12. The van der Waals surface area contributed by atoms with Gasteiger partial charge in [0.2, 0.25) is 0 Å². The van der Waals surface area contributed by atoms with Gasteiger partial charge in [-0.3, -0.25) is 14.5 Å². The maximum atomic E-state index is 9.75. The van der Waals surface area contributed by atoms with Crippen molar-refractivity contribution in [2.75, 3.05) is 32.0 Å². The summed E-state index contributed by atoms with van der Waals surface area (Å²) in [6.07, 6.45) is 0. The van der Waals surface area contributed by atoms with Crippen molar-refractivity contribution < 1.29 is 12.4 Å². The normalized spacial score (nSPS) is 11.7. The van der Waals surface area contributed by atoms with Crippen LogP contribution in [-0.4, -0.2) is 13.3 Å². The molecule has 8 rings (SSSR count). The van der Waals surface area contributed by atoms with Gasteiger partial charge < -0.3 is 12.4 Å². The molecule has 8 aromatic carbocycles. The molecule has 0 radical (unpaired) electrons. The first-order valence-corrected chi connectivity index (χ1v) is 31.2. The minimum Gasteiger partial charge on any atom is -1.00 e. The molecule has 0 aliphatic heterocycles. The van der Waals surface area contributed by atoms with E-state index in [1.165, 1.54) is 0 Å². The van der Waals surface area contributed by atoms with Crippen molar-refractivity contribution in [2.45, 2.75) is 0 Å². The van der Waals surface area contributed by atoms with Gasteiger partial charge in [-0.05, 0) is 97.1 Å². The van der Waals surface area contributed by atoms with Crippen molar-refractivity contribution in [1.29, 1.82) is 5.16 Å². The Morgan fingerprint density at radius 2 is 0.508 bits per heavy atom. The van der Waals surface area contributed by atoms with Gasteiger partial charge in [0.25, 0.3) is 7.71 Å². The van der Waals surface area contributed by atoms with Crippen molar-refractivity contribution in [3.63, 3.8) is 0 Å². The number of para-hydroxylation sites is 8. The Morgan fingerprint density at radius 3 is 0.662 bits per heavy atom. The molecule has 6 nitrogen and oxygen atoms in total. The molecule has 0 aliphatic carbocycles. The summed E-state index contributed by atoms with van der Waals surface area (Å²) in [5, 5.41) is 9.75. The Hall–Kier alpha value is -4.25. The number of nitrogens with two attached hydrogens (primary N) is 1. The fraction of sp³-hybridized carbons (Fsp3) is 0.0400. The van der Waals surface area contributed by atoms with E-state index in [1.54, 1.807) is 0 Å². The van der Waals surface area contributed by atoms with E-state index in [9.17, 15) is 5.16 Å². The molecule has 0 bridgehead atoms. The molecule has 0 unspecified atom stereocenters. The monoisotopic (exact) mass is 1040 g/mol. The third-order valence-corrected chi connectivity index (χ3v) is 14.6. The Labute approximate surface area is 414 Å². The largest absolute Gasteiger partial charge is 1.00 e. The predicted molar refractivity (Wildman–Crippen MR) is 289 cm³/mol. The molecule has 0 heterocycles. The Bertz CT molecular complexity index is 2310. The van der Waals surface area contributed by atoms with Crippen LogP contribution in [0, 0.1) is 5.16 Å². The standard InChI is InChI=1S/C25H25N3P.C25H24N3P.Cl5P.ClH/c2*1-29(26,27(22-14-6-2-7-15-22)23-16-8-3-9-17-23)28(24-18-10-4-11-19-24)25-20-12-5-13-21-25;1-6(2,3,4)5;/h2-21H,26H2,1H3;2-21,26H,1H3;;1H/q+1;;;/p-1. The zero-order chi connectivity index (χ0) is 45.7. The van der Waals surface area contributed by atoms with Crippen LogP contribution < -0.4 is 36.6 Å². The van der Waals surface area contributed by atoms with Crippen molar-refractivity contribution in [2.24, 2.45) is 5.50 Å². The first-order chi connectivity index (χ1) is 30.6. The Kier molecular flexibility index (Phi) is 18.7. The van der Waals surface area contributed by atoms with E-state index < -0.39 is 18.4 Å². The number of benzene rings is 8. The molecule has 0 aliphatic rings. The molecule has 0 spiro atoms. The zero-order valence-corrected chi connectivity index (χ0v) is 42.8. The van der Waals surface area contributed by atoms with E-state index in [2.05, 4.69) is 171 Å². The van der Waals surface area contributed by atoms with Gasteiger partial charge in [-0.1, -0.05) is 146 Å². The molecule has 8 aromatic rings. The van der Waals surface area contributed by atoms with E-state index in [1.807, 2.05) is 104 Å². The summed E-state index contributed by atoms with van der Waals surface area (Å²) in [4.78, 5) is 0. The van der Waals surface area contributed by atoms with Crippen LogP contribution in [0.1, 0.15) is 0 Å². The van der Waals surface area contributed by atoms with Crippen LogP contribution in [0.15, 0.2) is 243 Å². The van der Waals surface area contributed by atoms with Crippen LogP contribution in [-0.2, 0) is 0 Å². The topological polar surface area (TPSA) is 62.8 Å². The number of nitrogens with one attached hydrogen (secondary N) is 1. The number of anilines is 8. The van der Waals surface area contributed by atoms with Crippen molar-refractivity contribution >= 4 is 120 Å². The second-order valence-corrected chi connectivity index (χ2v) is 36.5. The average molecular weight is 1040 g/mol. The SMILES string of the molecule is CP(=N)(N(c1ccccc1)c1ccccc1)N(c1ccccc1)c1ccccc1.C[P+](N)(N(c1ccccc1)c1ccccc1)N(c1ccccc1)c1ccccc1.ClP(Cl)(Cl)(Cl)Cl.[Cl-]. The molecular weight excluding hydrogens is 990 g/mol. The van der Waals surface area contributed by atoms with Gasteiger partial charge in [-0.15, -0.1) is 0 Å². The molecule has 336 valence electrons. The van der Waals surface area contributed by atoms with Crippen LogP contribution in [0.5, 0.6) is 0 Å². The van der Waals surface area contributed by atoms with Crippen LogP contribution in [0.3, 0.4) is 0 Å². The van der Waals surface area contributed by atoms with Crippen LogP contribution in [0.2, 0.25) is 0 Å². The average Bonchev–Trinajstić information content (AvgIpc) is 3.29. The third-order valence-electron chi connectivity index (χ3n) is 9.59. The maximum absolute atomic E-state index is 9.75. The smallest absolute Gasteiger partial charge is 1.00 e. The molecule has 0 saturated carbocycles. The van der Waals surface area contributed by atoms with Crippen molar-refractivity contribution in [3.8, 4) is 0 Å². The first-order valence-electron chi connectivity index (χ1n) is 20.1. The van der Waals surface area contributed by atoms with Crippen LogP contribution in [0.4, 0.5) is 45.5 Å². The summed E-state index contributed by atoms with van der Waals surface area (Å²) >= 11 is 24.9. The molecule has 15 heteroatoms. The van der Waals surface area contributed by atoms with Crippen molar-refractivity contribution in [3.05, 3.63) is 243 Å². The zero-order valence-electron chi connectivity index (χ0n) is 35.6. The van der Waals surface area contributed by atoms with E-state index in [0.29, 0.717) is 0 Å². The summed E-state index contributed by atoms with van der Waals surface area (Å²) in [5.41, 5.74) is 15.7. The fourth-order valence-electron chi connectivity index (χ4n) is 7.16. The van der Waals surface area contributed by atoms with Gasteiger partial charge in [0.05, 0.1) is 22.7 Å². The number of hydrogen-bond donors (Lipinski definition) is 2. The molecule has 0 amide bonds. The molecule has 0 atom stereocenters. The molecule has 65 heavy (non-hydrogen) atoms. The summed E-state index contributed by atoms with van der Waals surface area (Å²) in [7, 11) is -5.02. The van der Waals surface area contributed by atoms with Gasteiger partial charge in [0, 0.05) is 29.4 Å². The van der Waals surface area contributed by atoms with Gasteiger partial charge >= 0.3 is 59.6 Å². The molecule has 3 N–H and O–H groups in total. The third kappa shape index (κ3) is 14.9. The summed E-state index contributed by atoms with van der Waals surface area (Å²) in [6, 6.07) is 82.4. The molecule has 0 fully saturated rings. The van der Waals surface area contributed by atoms with Gasteiger partial charge in [-0.25, -0.2) is 0 Å². The molecular formula is C50H49Cl6N6P3. The Morgan fingerprint density at radius 1 is 0.369 bits per heavy atom. The number of halogens is 6. The van der Waals surface area contributed by atoms with E-state index >= 15 is 0 Å². The van der Waals surface area contributed by atoms with Gasteiger partial charge in [-0.2, -0.15) is 14.8 Å². The van der Waals surface area contributed by atoms with E-state index in [0.717, 1.165) is 45.5 Å². The molecule has 0 saturated heterocycles. The van der Waals surface area contributed by atoms with Gasteiger partial charge in [0.15, 0.2) is 0 Å². The number of hydrogen-bond acceptors (Lipinski definition) is 4. The maximum Gasteiger partial charge on any atom is -1.00 e. The van der Waals surface area contributed by atoms with Crippen LogP contribution in [0.25, 0.3) is 0 Å². The summed E-state index contributed by atoms with van der Waals surface area (Å²) < 4.78 is 5.23. The quantitative estimate of drug-likeness (QED) is 0.119. The number of nitrogens with zero attached hydrogens (tertiary/aromatic N) is 4. The summed E-state index contributed by atoms with van der Waals surface area (Å²) in [6.45, 7) is 4.21. The first kappa shape index (κ1) is 51.7. The van der Waals surface area contributed by atoms with Crippen LogP contribution >= 0.6 is 74.6 Å². The minimum absolute atomic E-state index is 0. The minimum atomic E-state index is -3.69. The van der Waals surface area contributed by atoms with E-state index in [4.69, 9.17) is 61.7 Å². The fourth-order valence-corrected chi connectivity index (χ4v) is 12.3.